The lowest BCUT2D eigenvalue weighted by Gasteiger charge is -2.12. The van der Waals surface area contributed by atoms with Gasteiger partial charge in [-0.05, 0) is 44.4 Å². The number of rotatable bonds is 2. The Labute approximate surface area is 118 Å². The zero-order chi connectivity index (χ0) is 12.5. The van der Waals surface area contributed by atoms with E-state index >= 15 is 0 Å². The second-order valence-corrected chi connectivity index (χ2v) is 6.61. The summed E-state index contributed by atoms with van der Waals surface area (Å²) in [7, 11) is 0. The number of hydrogen-bond donors (Lipinski definition) is 1. The van der Waals surface area contributed by atoms with Crippen LogP contribution in [0.3, 0.4) is 0 Å². The molecule has 1 unspecified atom stereocenters. The van der Waals surface area contributed by atoms with Crippen molar-refractivity contribution in [3.63, 3.8) is 0 Å². The van der Waals surface area contributed by atoms with Gasteiger partial charge in [0, 0.05) is 4.88 Å². The van der Waals surface area contributed by atoms with Crippen LogP contribution >= 0.6 is 27.3 Å². The SMILES string of the molecule is OC(c1ccc(Br)s1)c1cccc2ccccc12. The molecule has 1 heterocycles. The minimum absolute atomic E-state index is 0.563. The Kier molecular flexibility index (Phi) is 3.20. The average molecular weight is 319 g/mol. The molecular formula is C15H11BrOS. The second-order valence-electron chi connectivity index (χ2n) is 4.11. The highest BCUT2D eigenvalue weighted by Crippen LogP contribution is 2.34. The molecule has 0 fully saturated rings. The van der Waals surface area contributed by atoms with Crippen LogP contribution in [0.4, 0.5) is 0 Å². The van der Waals surface area contributed by atoms with Crippen LogP contribution in [-0.4, -0.2) is 5.11 Å². The molecule has 0 aliphatic rings. The molecule has 0 bridgehead atoms. The van der Waals surface area contributed by atoms with Crippen molar-refractivity contribution in [3.05, 3.63) is 68.8 Å². The number of aliphatic hydroxyl groups is 1. The summed E-state index contributed by atoms with van der Waals surface area (Å²) in [4.78, 5) is 0.957. The van der Waals surface area contributed by atoms with Gasteiger partial charge in [0.25, 0.3) is 0 Å². The van der Waals surface area contributed by atoms with E-state index < -0.39 is 6.10 Å². The van der Waals surface area contributed by atoms with Crippen molar-refractivity contribution in [1.82, 2.24) is 0 Å². The molecule has 90 valence electrons. The Hall–Kier alpha value is -1.16. The summed E-state index contributed by atoms with van der Waals surface area (Å²) in [5.41, 5.74) is 0.961. The van der Waals surface area contributed by atoms with Crippen LogP contribution in [0.25, 0.3) is 10.8 Å². The Balaban J connectivity index is 2.14. The van der Waals surface area contributed by atoms with Crippen LogP contribution < -0.4 is 0 Å². The summed E-state index contributed by atoms with van der Waals surface area (Å²) in [5, 5.41) is 12.8. The molecule has 1 atom stereocenters. The van der Waals surface area contributed by atoms with E-state index in [0.29, 0.717) is 0 Å². The van der Waals surface area contributed by atoms with Gasteiger partial charge < -0.3 is 5.11 Å². The summed E-state index contributed by atoms with van der Waals surface area (Å²) >= 11 is 5.00. The summed E-state index contributed by atoms with van der Waals surface area (Å²) in [6.45, 7) is 0. The fourth-order valence-electron chi connectivity index (χ4n) is 2.12. The lowest BCUT2D eigenvalue weighted by Crippen LogP contribution is -1.97. The van der Waals surface area contributed by atoms with E-state index in [9.17, 15) is 5.11 Å². The number of halogens is 1. The number of fused-ring (bicyclic) bond motifs is 1. The van der Waals surface area contributed by atoms with Crippen molar-refractivity contribution in [2.45, 2.75) is 6.10 Å². The van der Waals surface area contributed by atoms with Gasteiger partial charge in [-0.2, -0.15) is 0 Å². The molecule has 0 radical (unpaired) electrons. The first-order valence-electron chi connectivity index (χ1n) is 5.66. The van der Waals surface area contributed by atoms with E-state index in [1.54, 1.807) is 11.3 Å². The van der Waals surface area contributed by atoms with Gasteiger partial charge in [0.15, 0.2) is 0 Å². The predicted octanol–water partition coefficient (Wildman–Crippen LogP) is 4.75. The van der Waals surface area contributed by atoms with E-state index in [1.807, 2.05) is 36.4 Å². The van der Waals surface area contributed by atoms with Crippen LogP contribution in [0.5, 0.6) is 0 Å². The Bertz CT molecular complexity index is 684. The molecule has 1 nitrogen and oxygen atoms in total. The Morgan fingerprint density at radius 1 is 0.944 bits per heavy atom. The third kappa shape index (κ3) is 2.09. The first-order chi connectivity index (χ1) is 8.75. The van der Waals surface area contributed by atoms with Crippen LogP contribution in [-0.2, 0) is 0 Å². The van der Waals surface area contributed by atoms with Gasteiger partial charge in [0.1, 0.15) is 6.10 Å². The topological polar surface area (TPSA) is 20.2 Å². The van der Waals surface area contributed by atoms with Crippen molar-refractivity contribution in [1.29, 1.82) is 0 Å². The monoisotopic (exact) mass is 318 g/mol. The molecular weight excluding hydrogens is 308 g/mol. The molecule has 3 aromatic rings. The molecule has 0 spiro atoms. The molecule has 0 saturated carbocycles. The summed E-state index contributed by atoms with van der Waals surface area (Å²) in [6, 6.07) is 18.1. The van der Waals surface area contributed by atoms with Gasteiger partial charge in [-0.3, -0.25) is 0 Å². The Morgan fingerprint density at radius 2 is 1.72 bits per heavy atom. The van der Waals surface area contributed by atoms with Crippen LogP contribution in [0.2, 0.25) is 0 Å². The first kappa shape index (κ1) is 11.9. The summed E-state index contributed by atoms with van der Waals surface area (Å²) < 4.78 is 1.04. The Morgan fingerprint density at radius 3 is 2.50 bits per heavy atom. The standard InChI is InChI=1S/C15H11BrOS/c16-14-9-8-13(18-14)15(17)12-7-3-5-10-4-1-2-6-11(10)12/h1-9,15,17H. The predicted molar refractivity (Wildman–Crippen MR) is 80.0 cm³/mol. The van der Waals surface area contributed by atoms with Crippen molar-refractivity contribution in [3.8, 4) is 0 Å². The molecule has 3 heteroatoms. The van der Waals surface area contributed by atoms with Crippen LogP contribution in [0.1, 0.15) is 16.5 Å². The molecule has 0 aliphatic heterocycles. The van der Waals surface area contributed by atoms with Gasteiger partial charge in [0.05, 0.1) is 3.79 Å². The zero-order valence-corrected chi connectivity index (χ0v) is 11.9. The zero-order valence-electron chi connectivity index (χ0n) is 9.51. The van der Waals surface area contributed by atoms with E-state index in [2.05, 4.69) is 34.1 Å². The quantitative estimate of drug-likeness (QED) is 0.723. The number of benzene rings is 2. The average Bonchev–Trinajstić information content (AvgIpc) is 2.84. The molecule has 0 saturated heterocycles. The van der Waals surface area contributed by atoms with Gasteiger partial charge in [0.2, 0.25) is 0 Å². The highest BCUT2D eigenvalue weighted by Gasteiger charge is 2.14. The smallest absolute Gasteiger partial charge is 0.114 e. The fourth-order valence-corrected chi connectivity index (χ4v) is 3.55. The van der Waals surface area contributed by atoms with Gasteiger partial charge in [-0.15, -0.1) is 11.3 Å². The van der Waals surface area contributed by atoms with Gasteiger partial charge in [-0.1, -0.05) is 42.5 Å². The summed E-state index contributed by atoms with van der Waals surface area (Å²) in [5.74, 6) is 0. The van der Waals surface area contributed by atoms with E-state index in [4.69, 9.17) is 0 Å². The number of hydrogen-bond acceptors (Lipinski definition) is 2. The van der Waals surface area contributed by atoms with Crippen molar-refractivity contribution < 1.29 is 5.11 Å². The molecule has 1 aromatic heterocycles. The van der Waals surface area contributed by atoms with Gasteiger partial charge in [-0.25, -0.2) is 0 Å². The van der Waals surface area contributed by atoms with E-state index in [0.717, 1.165) is 25.0 Å². The minimum Gasteiger partial charge on any atom is -0.383 e. The van der Waals surface area contributed by atoms with Crippen LogP contribution in [0, 0.1) is 0 Å². The summed E-state index contributed by atoms with van der Waals surface area (Å²) in [6.07, 6.45) is -0.563. The number of aliphatic hydroxyl groups excluding tert-OH is 1. The molecule has 3 rings (SSSR count). The van der Waals surface area contributed by atoms with Crippen molar-refractivity contribution in [2.24, 2.45) is 0 Å². The normalized spacial score (nSPS) is 12.8. The maximum atomic E-state index is 10.5. The third-order valence-electron chi connectivity index (χ3n) is 2.98. The van der Waals surface area contributed by atoms with Crippen molar-refractivity contribution >= 4 is 38.0 Å². The highest BCUT2D eigenvalue weighted by molar-refractivity contribution is 9.11. The van der Waals surface area contributed by atoms with E-state index in [-0.39, 0.29) is 0 Å². The largest absolute Gasteiger partial charge is 0.383 e. The van der Waals surface area contributed by atoms with Gasteiger partial charge >= 0.3 is 0 Å². The fraction of sp³-hybridized carbons (Fsp3) is 0.0667. The minimum atomic E-state index is -0.563. The first-order valence-corrected chi connectivity index (χ1v) is 7.27. The lowest BCUT2D eigenvalue weighted by molar-refractivity contribution is 0.226. The van der Waals surface area contributed by atoms with Crippen LogP contribution in [0.15, 0.2) is 58.4 Å². The van der Waals surface area contributed by atoms with Crippen molar-refractivity contribution in [2.75, 3.05) is 0 Å². The lowest BCUT2D eigenvalue weighted by atomic mass is 10.00. The molecule has 2 aromatic carbocycles. The second kappa shape index (κ2) is 4.84. The molecule has 18 heavy (non-hydrogen) atoms. The maximum absolute atomic E-state index is 10.5. The molecule has 0 amide bonds. The molecule has 1 N–H and O–H groups in total. The van der Waals surface area contributed by atoms with E-state index in [1.165, 1.54) is 0 Å². The molecule has 0 aliphatic carbocycles. The number of thiophene rings is 1. The third-order valence-corrected chi connectivity index (χ3v) is 4.66. The maximum Gasteiger partial charge on any atom is 0.114 e. The highest BCUT2D eigenvalue weighted by atomic mass is 79.9.